The maximum atomic E-state index is 11.8. The lowest BCUT2D eigenvalue weighted by Crippen LogP contribution is -1.95. The van der Waals surface area contributed by atoms with Gasteiger partial charge in [0.1, 0.15) is 5.76 Å². The lowest BCUT2D eigenvalue weighted by molar-refractivity contribution is 0.0994. The molecule has 128 valence electrons. The molecule has 26 heavy (non-hydrogen) atoms. The third-order valence-corrected chi connectivity index (χ3v) is 4.65. The van der Waals surface area contributed by atoms with Gasteiger partial charge in [0.25, 0.3) is 0 Å². The highest BCUT2D eigenvalue weighted by Crippen LogP contribution is 2.39. The average molecular weight is 345 g/mol. The summed E-state index contributed by atoms with van der Waals surface area (Å²) in [5.41, 5.74) is 4.90. The van der Waals surface area contributed by atoms with E-state index in [4.69, 9.17) is 8.94 Å². The Labute approximate surface area is 148 Å². The molecule has 6 nitrogen and oxygen atoms in total. The fraction of sp³-hybridized carbons (Fsp3) is 0.150. The predicted octanol–water partition coefficient (Wildman–Crippen LogP) is 4.66. The number of hydrogen-bond donors (Lipinski definition) is 1. The second-order valence-electron chi connectivity index (χ2n) is 6.42. The maximum Gasteiger partial charge on any atom is 0.180 e. The van der Waals surface area contributed by atoms with Crippen molar-refractivity contribution >= 4 is 28.1 Å². The SMILES string of the molecule is Cc1cc(-c2oc3cnccc3c2Nc2ccc3c(c2)CCC3=O)no1. The minimum absolute atomic E-state index is 0.213. The minimum atomic E-state index is 0.213. The van der Waals surface area contributed by atoms with Gasteiger partial charge in [0, 0.05) is 35.3 Å². The number of Topliss-reactive ketones (excluding diaryl/α,β-unsaturated/α-hetero) is 1. The smallest absolute Gasteiger partial charge is 0.180 e. The first kappa shape index (κ1) is 14.9. The van der Waals surface area contributed by atoms with Gasteiger partial charge in [0.15, 0.2) is 22.8 Å². The van der Waals surface area contributed by atoms with Crippen molar-refractivity contribution < 1.29 is 13.7 Å². The molecule has 4 aromatic rings. The number of pyridine rings is 1. The number of aryl methyl sites for hydroxylation is 2. The van der Waals surface area contributed by atoms with Gasteiger partial charge in [-0.05, 0) is 43.2 Å². The number of carbonyl (C=O) groups excluding carboxylic acids is 1. The molecule has 0 unspecified atom stereocenters. The van der Waals surface area contributed by atoms with Crippen molar-refractivity contribution in [2.45, 2.75) is 19.8 Å². The van der Waals surface area contributed by atoms with Crippen molar-refractivity contribution in [1.29, 1.82) is 0 Å². The summed E-state index contributed by atoms with van der Waals surface area (Å²) in [4.78, 5) is 16.0. The molecular weight excluding hydrogens is 330 g/mol. The highest BCUT2D eigenvalue weighted by molar-refractivity contribution is 6.02. The van der Waals surface area contributed by atoms with Crippen LogP contribution in [0.5, 0.6) is 0 Å². The lowest BCUT2D eigenvalue weighted by atomic mass is 10.1. The fourth-order valence-electron chi connectivity index (χ4n) is 3.41. The van der Waals surface area contributed by atoms with Crippen LogP contribution in [0.3, 0.4) is 0 Å². The van der Waals surface area contributed by atoms with Crippen LogP contribution in [0, 0.1) is 6.92 Å². The summed E-state index contributed by atoms with van der Waals surface area (Å²) in [6.45, 7) is 1.84. The van der Waals surface area contributed by atoms with E-state index in [1.165, 1.54) is 0 Å². The Balaban J connectivity index is 1.63. The van der Waals surface area contributed by atoms with E-state index in [1.54, 1.807) is 12.4 Å². The van der Waals surface area contributed by atoms with Gasteiger partial charge in [-0.3, -0.25) is 9.78 Å². The molecule has 6 heteroatoms. The molecular formula is C20H15N3O3. The Morgan fingerprint density at radius 2 is 2.08 bits per heavy atom. The summed E-state index contributed by atoms with van der Waals surface area (Å²) < 4.78 is 11.2. The molecule has 0 fully saturated rings. The highest BCUT2D eigenvalue weighted by atomic mass is 16.5. The van der Waals surface area contributed by atoms with Gasteiger partial charge in [-0.1, -0.05) is 5.16 Å². The maximum absolute atomic E-state index is 11.8. The van der Waals surface area contributed by atoms with E-state index in [2.05, 4.69) is 15.5 Å². The van der Waals surface area contributed by atoms with E-state index >= 15 is 0 Å². The van der Waals surface area contributed by atoms with Crippen LogP contribution >= 0.6 is 0 Å². The van der Waals surface area contributed by atoms with E-state index < -0.39 is 0 Å². The molecule has 5 rings (SSSR count). The first-order chi connectivity index (χ1) is 12.7. The van der Waals surface area contributed by atoms with Crippen molar-refractivity contribution in [3.63, 3.8) is 0 Å². The normalized spacial score (nSPS) is 13.3. The van der Waals surface area contributed by atoms with E-state index in [1.807, 2.05) is 37.3 Å². The molecule has 0 amide bonds. The van der Waals surface area contributed by atoms with Crippen LogP contribution in [0.15, 0.2) is 51.7 Å². The molecule has 0 bridgehead atoms. The van der Waals surface area contributed by atoms with Crippen LogP contribution < -0.4 is 5.32 Å². The Morgan fingerprint density at radius 1 is 1.15 bits per heavy atom. The van der Waals surface area contributed by atoms with E-state index in [-0.39, 0.29) is 5.78 Å². The minimum Gasteiger partial charge on any atom is -0.450 e. The fourth-order valence-corrected chi connectivity index (χ4v) is 3.41. The summed E-state index contributed by atoms with van der Waals surface area (Å²) in [6.07, 6.45) is 4.78. The number of rotatable bonds is 3. The number of aromatic nitrogens is 2. The zero-order chi connectivity index (χ0) is 17.7. The molecule has 0 atom stereocenters. The topological polar surface area (TPSA) is 81.2 Å². The first-order valence-corrected chi connectivity index (χ1v) is 8.42. The van der Waals surface area contributed by atoms with Crippen LogP contribution in [-0.2, 0) is 6.42 Å². The zero-order valence-electron chi connectivity index (χ0n) is 14.1. The van der Waals surface area contributed by atoms with Crippen LogP contribution in [0.2, 0.25) is 0 Å². The Morgan fingerprint density at radius 3 is 2.92 bits per heavy atom. The second kappa shape index (κ2) is 5.56. The summed E-state index contributed by atoms with van der Waals surface area (Å²) in [6, 6.07) is 9.56. The standard InChI is InChI=1S/C20H15N3O3/c1-11-8-16(23-26-11)20-19(15-6-7-21-10-18(15)25-20)22-13-3-4-14-12(9-13)2-5-17(14)24/h3-4,6-10,22H,2,5H2,1H3. The molecule has 1 aliphatic carbocycles. The quantitative estimate of drug-likeness (QED) is 0.581. The van der Waals surface area contributed by atoms with Gasteiger partial charge >= 0.3 is 0 Å². The summed E-state index contributed by atoms with van der Waals surface area (Å²) in [5, 5.41) is 8.42. The highest BCUT2D eigenvalue weighted by Gasteiger charge is 2.22. The summed E-state index contributed by atoms with van der Waals surface area (Å²) in [5.74, 6) is 1.52. The van der Waals surface area contributed by atoms with Crippen molar-refractivity contribution in [2.24, 2.45) is 0 Å². The number of nitrogens with zero attached hydrogens (tertiary/aromatic N) is 2. The van der Waals surface area contributed by atoms with Gasteiger partial charge in [-0.25, -0.2) is 0 Å². The number of benzene rings is 1. The molecule has 1 N–H and O–H groups in total. The monoisotopic (exact) mass is 345 g/mol. The van der Waals surface area contributed by atoms with Gasteiger partial charge in [0.2, 0.25) is 0 Å². The molecule has 0 saturated carbocycles. The van der Waals surface area contributed by atoms with Crippen molar-refractivity contribution in [2.75, 3.05) is 5.32 Å². The number of fused-ring (bicyclic) bond motifs is 2. The molecule has 0 radical (unpaired) electrons. The van der Waals surface area contributed by atoms with E-state index in [0.717, 1.165) is 34.3 Å². The molecule has 0 spiro atoms. The van der Waals surface area contributed by atoms with Crippen molar-refractivity contribution in [3.8, 4) is 11.5 Å². The number of carbonyl (C=O) groups is 1. The largest absolute Gasteiger partial charge is 0.450 e. The molecule has 0 saturated heterocycles. The van der Waals surface area contributed by atoms with Crippen LogP contribution in [-0.4, -0.2) is 15.9 Å². The molecule has 0 aliphatic heterocycles. The molecule has 3 aromatic heterocycles. The lowest BCUT2D eigenvalue weighted by Gasteiger charge is -2.08. The number of nitrogens with one attached hydrogen (secondary N) is 1. The zero-order valence-corrected chi connectivity index (χ0v) is 14.1. The Bertz CT molecular complexity index is 1160. The van der Waals surface area contributed by atoms with Crippen LogP contribution in [0.4, 0.5) is 11.4 Å². The first-order valence-electron chi connectivity index (χ1n) is 8.42. The Hall–Kier alpha value is -3.41. The van der Waals surface area contributed by atoms with Crippen molar-refractivity contribution in [3.05, 3.63) is 59.6 Å². The second-order valence-corrected chi connectivity index (χ2v) is 6.42. The van der Waals surface area contributed by atoms with E-state index in [9.17, 15) is 4.79 Å². The average Bonchev–Trinajstić information content (AvgIpc) is 3.33. The van der Waals surface area contributed by atoms with Gasteiger partial charge in [0.05, 0.1) is 11.9 Å². The van der Waals surface area contributed by atoms with Crippen molar-refractivity contribution in [1.82, 2.24) is 10.1 Å². The predicted molar refractivity (Wildman–Crippen MR) is 96.6 cm³/mol. The number of ketones is 1. The van der Waals surface area contributed by atoms with Gasteiger partial charge < -0.3 is 14.3 Å². The van der Waals surface area contributed by atoms with Crippen LogP contribution in [0.1, 0.15) is 28.1 Å². The van der Waals surface area contributed by atoms with Gasteiger partial charge in [-0.2, -0.15) is 0 Å². The molecule has 1 aromatic carbocycles. The number of hydrogen-bond acceptors (Lipinski definition) is 6. The Kier molecular flexibility index (Phi) is 3.18. The third-order valence-electron chi connectivity index (χ3n) is 4.65. The molecule has 3 heterocycles. The van der Waals surface area contributed by atoms with Crippen LogP contribution in [0.25, 0.3) is 22.4 Å². The third kappa shape index (κ3) is 2.30. The summed E-state index contributed by atoms with van der Waals surface area (Å²) >= 11 is 0. The number of furan rings is 1. The van der Waals surface area contributed by atoms with E-state index in [0.29, 0.717) is 29.2 Å². The molecule has 1 aliphatic rings. The van der Waals surface area contributed by atoms with Gasteiger partial charge in [-0.15, -0.1) is 0 Å². The summed E-state index contributed by atoms with van der Waals surface area (Å²) in [7, 11) is 0. The number of anilines is 2.